The molecule has 1 aliphatic rings. The molecule has 4 nitrogen and oxygen atoms in total. The van der Waals surface area contributed by atoms with Crippen LogP contribution in [0.4, 0.5) is 0 Å². The Kier molecular flexibility index (Phi) is 7.52. The van der Waals surface area contributed by atoms with E-state index in [9.17, 15) is 4.79 Å². The molecule has 1 fully saturated rings. The zero-order valence-electron chi connectivity index (χ0n) is 13.7. The fourth-order valence-corrected chi connectivity index (χ4v) is 2.63. The second-order valence-corrected chi connectivity index (χ2v) is 6.57. The Morgan fingerprint density at radius 1 is 1.10 bits per heavy atom. The fourth-order valence-electron chi connectivity index (χ4n) is 2.63. The van der Waals surface area contributed by atoms with Gasteiger partial charge in [-0.3, -0.25) is 4.79 Å². The summed E-state index contributed by atoms with van der Waals surface area (Å²) in [7, 11) is 0. The molecule has 0 spiro atoms. The van der Waals surface area contributed by atoms with E-state index in [-0.39, 0.29) is 5.41 Å². The maximum absolute atomic E-state index is 12.5. The van der Waals surface area contributed by atoms with Gasteiger partial charge >= 0.3 is 0 Å². The maximum atomic E-state index is 12.5. The van der Waals surface area contributed by atoms with Gasteiger partial charge in [-0.2, -0.15) is 0 Å². The SMILES string of the molecule is CCC(C)(C)C(=O)N1CCCN(CCCCCN)CC1. The van der Waals surface area contributed by atoms with Gasteiger partial charge in [0.05, 0.1) is 0 Å². The normalized spacial score (nSPS) is 18.1. The van der Waals surface area contributed by atoms with E-state index in [4.69, 9.17) is 5.73 Å². The minimum atomic E-state index is -0.212. The predicted octanol–water partition coefficient (Wildman–Crippen LogP) is 2.09. The molecular weight excluding hydrogens is 250 g/mol. The van der Waals surface area contributed by atoms with Crippen LogP contribution in [0.25, 0.3) is 0 Å². The Bertz CT molecular complexity index is 291. The van der Waals surface area contributed by atoms with Crippen molar-refractivity contribution in [1.82, 2.24) is 9.80 Å². The van der Waals surface area contributed by atoms with E-state index in [0.29, 0.717) is 5.91 Å². The highest BCUT2D eigenvalue weighted by molar-refractivity contribution is 5.81. The van der Waals surface area contributed by atoms with Gasteiger partial charge in [-0.1, -0.05) is 27.2 Å². The van der Waals surface area contributed by atoms with Crippen LogP contribution in [0.15, 0.2) is 0 Å². The molecule has 1 amide bonds. The first-order valence-corrected chi connectivity index (χ1v) is 8.23. The molecule has 118 valence electrons. The summed E-state index contributed by atoms with van der Waals surface area (Å²) >= 11 is 0. The number of amides is 1. The molecule has 0 unspecified atom stereocenters. The third-order valence-corrected chi connectivity index (χ3v) is 4.52. The molecule has 4 heteroatoms. The van der Waals surface area contributed by atoms with Crippen molar-refractivity contribution in [2.24, 2.45) is 11.1 Å². The monoisotopic (exact) mass is 283 g/mol. The summed E-state index contributed by atoms with van der Waals surface area (Å²) in [4.78, 5) is 17.1. The molecule has 0 aromatic rings. The largest absolute Gasteiger partial charge is 0.341 e. The number of carbonyl (C=O) groups is 1. The first-order chi connectivity index (χ1) is 9.51. The summed E-state index contributed by atoms with van der Waals surface area (Å²) < 4.78 is 0. The molecule has 1 rings (SSSR count). The standard InChI is InChI=1S/C16H33N3O/c1-4-16(2,3)15(20)19-12-8-11-18(13-14-19)10-7-5-6-9-17/h4-14,17H2,1-3H3. The Morgan fingerprint density at radius 3 is 2.50 bits per heavy atom. The number of hydrogen-bond donors (Lipinski definition) is 1. The van der Waals surface area contributed by atoms with Gasteiger partial charge in [0.15, 0.2) is 0 Å². The van der Waals surface area contributed by atoms with Crippen LogP contribution in [0.5, 0.6) is 0 Å². The minimum Gasteiger partial charge on any atom is -0.341 e. The van der Waals surface area contributed by atoms with E-state index in [1.165, 1.54) is 12.8 Å². The summed E-state index contributed by atoms with van der Waals surface area (Å²) in [6, 6.07) is 0. The van der Waals surface area contributed by atoms with Crippen LogP contribution >= 0.6 is 0 Å². The van der Waals surface area contributed by atoms with Gasteiger partial charge in [-0.15, -0.1) is 0 Å². The Labute approximate surface area is 124 Å². The lowest BCUT2D eigenvalue weighted by Gasteiger charge is -2.30. The van der Waals surface area contributed by atoms with Crippen molar-refractivity contribution >= 4 is 5.91 Å². The Morgan fingerprint density at radius 2 is 1.85 bits per heavy atom. The van der Waals surface area contributed by atoms with Crippen molar-refractivity contribution in [2.75, 3.05) is 39.3 Å². The first-order valence-electron chi connectivity index (χ1n) is 8.23. The molecule has 2 N–H and O–H groups in total. The third kappa shape index (κ3) is 5.41. The number of rotatable bonds is 7. The molecule has 1 heterocycles. The average Bonchev–Trinajstić information content (AvgIpc) is 2.68. The van der Waals surface area contributed by atoms with Gasteiger partial charge in [0.2, 0.25) is 5.91 Å². The van der Waals surface area contributed by atoms with Gasteiger partial charge in [0.1, 0.15) is 0 Å². The molecule has 0 aromatic heterocycles. The quantitative estimate of drug-likeness (QED) is 0.728. The lowest BCUT2D eigenvalue weighted by Crippen LogP contribution is -2.42. The predicted molar refractivity (Wildman–Crippen MR) is 84.6 cm³/mol. The minimum absolute atomic E-state index is 0.212. The Hall–Kier alpha value is -0.610. The molecule has 0 saturated carbocycles. The van der Waals surface area contributed by atoms with E-state index in [2.05, 4.69) is 30.6 Å². The summed E-state index contributed by atoms with van der Waals surface area (Å²) in [6.07, 6.45) is 5.58. The van der Waals surface area contributed by atoms with Crippen molar-refractivity contribution < 1.29 is 4.79 Å². The zero-order valence-corrected chi connectivity index (χ0v) is 13.7. The lowest BCUT2D eigenvalue weighted by atomic mass is 9.88. The van der Waals surface area contributed by atoms with E-state index >= 15 is 0 Å². The van der Waals surface area contributed by atoms with Crippen LogP contribution < -0.4 is 5.73 Å². The van der Waals surface area contributed by atoms with E-state index < -0.39 is 0 Å². The highest BCUT2D eigenvalue weighted by atomic mass is 16.2. The molecule has 20 heavy (non-hydrogen) atoms. The third-order valence-electron chi connectivity index (χ3n) is 4.52. The van der Waals surface area contributed by atoms with Crippen molar-refractivity contribution in [1.29, 1.82) is 0 Å². The van der Waals surface area contributed by atoms with Crippen LogP contribution in [0.1, 0.15) is 52.9 Å². The number of hydrogen-bond acceptors (Lipinski definition) is 3. The number of nitrogens with zero attached hydrogens (tertiary/aromatic N) is 2. The smallest absolute Gasteiger partial charge is 0.228 e. The number of unbranched alkanes of at least 4 members (excludes halogenated alkanes) is 2. The summed E-state index contributed by atoms with van der Waals surface area (Å²) in [5.74, 6) is 0.324. The maximum Gasteiger partial charge on any atom is 0.228 e. The van der Waals surface area contributed by atoms with E-state index in [0.717, 1.165) is 58.5 Å². The number of carbonyl (C=O) groups excluding carboxylic acids is 1. The van der Waals surface area contributed by atoms with Gasteiger partial charge in [-0.05, 0) is 45.3 Å². The van der Waals surface area contributed by atoms with Crippen molar-refractivity contribution in [3.8, 4) is 0 Å². The van der Waals surface area contributed by atoms with Gasteiger partial charge < -0.3 is 15.5 Å². The first kappa shape index (κ1) is 17.4. The molecule has 0 radical (unpaired) electrons. The summed E-state index contributed by atoms with van der Waals surface area (Å²) in [6.45, 7) is 12.1. The molecule has 0 aliphatic carbocycles. The van der Waals surface area contributed by atoms with E-state index in [1.807, 2.05) is 0 Å². The molecule has 0 bridgehead atoms. The Balaban J connectivity index is 2.37. The highest BCUT2D eigenvalue weighted by Crippen LogP contribution is 2.23. The van der Waals surface area contributed by atoms with Crippen LogP contribution in [0.3, 0.4) is 0 Å². The average molecular weight is 283 g/mol. The molecular formula is C16H33N3O. The van der Waals surface area contributed by atoms with Crippen molar-refractivity contribution in [2.45, 2.75) is 52.9 Å². The highest BCUT2D eigenvalue weighted by Gasteiger charge is 2.30. The molecule has 1 aliphatic heterocycles. The van der Waals surface area contributed by atoms with Crippen LogP contribution in [0, 0.1) is 5.41 Å². The van der Waals surface area contributed by atoms with E-state index in [1.54, 1.807) is 0 Å². The summed E-state index contributed by atoms with van der Waals surface area (Å²) in [5.41, 5.74) is 5.31. The van der Waals surface area contributed by atoms with Crippen LogP contribution in [-0.4, -0.2) is 55.0 Å². The topological polar surface area (TPSA) is 49.6 Å². The van der Waals surface area contributed by atoms with Gasteiger partial charge in [0.25, 0.3) is 0 Å². The summed E-state index contributed by atoms with van der Waals surface area (Å²) in [5, 5.41) is 0. The molecule has 1 saturated heterocycles. The lowest BCUT2D eigenvalue weighted by molar-refractivity contribution is -0.140. The van der Waals surface area contributed by atoms with Gasteiger partial charge in [0, 0.05) is 25.0 Å². The number of nitrogens with two attached hydrogens (primary N) is 1. The van der Waals surface area contributed by atoms with Crippen molar-refractivity contribution in [3.63, 3.8) is 0 Å². The zero-order chi connectivity index (χ0) is 15.0. The molecule has 0 aromatic carbocycles. The van der Waals surface area contributed by atoms with Crippen LogP contribution in [0.2, 0.25) is 0 Å². The second kappa shape index (κ2) is 8.63. The fraction of sp³-hybridized carbons (Fsp3) is 0.938. The van der Waals surface area contributed by atoms with Crippen molar-refractivity contribution in [3.05, 3.63) is 0 Å². The molecule has 0 atom stereocenters. The van der Waals surface area contributed by atoms with Crippen LogP contribution in [-0.2, 0) is 4.79 Å². The second-order valence-electron chi connectivity index (χ2n) is 6.57. The van der Waals surface area contributed by atoms with Gasteiger partial charge in [-0.25, -0.2) is 0 Å².